The van der Waals surface area contributed by atoms with E-state index in [0.29, 0.717) is 0 Å². The van der Waals surface area contributed by atoms with Crippen LogP contribution in [-0.4, -0.2) is 0 Å². The van der Waals surface area contributed by atoms with Gasteiger partial charge in [0.1, 0.15) is 5.58 Å². The topological polar surface area (TPSA) is 19.6 Å². The Morgan fingerprint density at radius 1 is 0.303 bits per heavy atom. The molecule has 76 heavy (non-hydrogen) atoms. The van der Waals surface area contributed by atoms with Crippen LogP contribution in [0.5, 0.6) is 0 Å². The molecule has 0 fully saturated rings. The summed E-state index contributed by atoms with van der Waals surface area (Å²) in [5.74, 6) is 0. The SMILES string of the molecule is CC1(C)c2ccccc2-c2ccc(N(c3cccc(N(c4cccc(C5(c6ccccc6)c6ccccc6-c6ccccc65)c4)c4cccc5c4oc4ccccc45)c3)c3cccc4c3C(C)(C)c3ccccc3-4)cc21. The summed E-state index contributed by atoms with van der Waals surface area (Å²) in [6.07, 6.45) is 0. The van der Waals surface area contributed by atoms with Crippen molar-refractivity contribution >= 4 is 56.1 Å². The second kappa shape index (κ2) is 16.4. The summed E-state index contributed by atoms with van der Waals surface area (Å²) in [6, 6.07) is 94.5. The van der Waals surface area contributed by atoms with E-state index in [9.17, 15) is 0 Å². The van der Waals surface area contributed by atoms with Gasteiger partial charge in [0.2, 0.25) is 0 Å². The third kappa shape index (κ3) is 6.17. The van der Waals surface area contributed by atoms with E-state index in [2.05, 4.69) is 292 Å². The molecule has 362 valence electrons. The van der Waals surface area contributed by atoms with Crippen LogP contribution in [0, 0.1) is 0 Å². The van der Waals surface area contributed by atoms with Crippen molar-refractivity contribution in [2.24, 2.45) is 0 Å². The Balaban J connectivity index is 0.983. The third-order valence-corrected chi connectivity index (χ3v) is 17.3. The van der Waals surface area contributed by atoms with Gasteiger partial charge in [0.05, 0.1) is 16.8 Å². The molecule has 3 nitrogen and oxygen atoms in total. The van der Waals surface area contributed by atoms with Crippen molar-refractivity contribution in [2.45, 2.75) is 43.9 Å². The zero-order chi connectivity index (χ0) is 50.9. The fourth-order valence-electron chi connectivity index (χ4n) is 14.0. The van der Waals surface area contributed by atoms with Gasteiger partial charge in [-0.3, -0.25) is 0 Å². The number of fused-ring (bicyclic) bond motifs is 12. The maximum absolute atomic E-state index is 6.98. The molecule has 12 aromatic rings. The van der Waals surface area contributed by atoms with Crippen molar-refractivity contribution in [1.82, 2.24) is 0 Å². The number of furan rings is 1. The van der Waals surface area contributed by atoms with Crippen LogP contribution < -0.4 is 9.80 Å². The number of hydrogen-bond donors (Lipinski definition) is 0. The highest BCUT2D eigenvalue weighted by molar-refractivity contribution is 6.10. The van der Waals surface area contributed by atoms with Crippen LogP contribution >= 0.6 is 0 Å². The average Bonchev–Trinajstić information content (AvgIpc) is 4.23. The lowest BCUT2D eigenvalue weighted by Crippen LogP contribution is -2.28. The molecule has 0 radical (unpaired) electrons. The van der Waals surface area contributed by atoms with Crippen LogP contribution in [0.1, 0.15) is 72.2 Å². The Bertz CT molecular complexity index is 4280. The Morgan fingerprint density at radius 3 is 1.47 bits per heavy atom. The van der Waals surface area contributed by atoms with Gasteiger partial charge in [0.15, 0.2) is 5.58 Å². The molecular weight excluding hydrogens is 921 g/mol. The standard InChI is InChI=1S/C73H54N2O/c1-71(2)61-35-13-8-28-53(61)57-43-42-52(46-65(57)71)74(66-39-20-33-59-56-31-9-14-36-62(56)72(3,4)69(59)66)50-26-19-27-51(45-50)75(67-40-21-34-60-58-32-12-17-41-68(58)76-70(60)67)49-25-18-24-48(44-49)73(47-22-6-5-7-23-47)63-37-15-10-29-54(63)55-30-11-16-38-64(55)73/h5-46H,1-4H3. The summed E-state index contributed by atoms with van der Waals surface area (Å²) >= 11 is 0. The Kier molecular flexibility index (Phi) is 9.57. The van der Waals surface area contributed by atoms with Gasteiger partial charge in [-0.2, -0.15) is 0 Å². The zero-order valence-electron chi connectivity index (χ0n) is 43.1. The molecule has 11 aromatic carbocycles. The van der Waals surface area contributed by atoms with E-state index in [1.807, 2.05) is 0 Å². The largest absolute Gasteiger partial charge is 0.454 e. The van der Waals surface area contributed by atoms with E-state index in [4.69, 9.17) is 4.42 Å². The molecule has 0 unspecified atom stereocenters. The lowest BCUT2D eigenvalue weighted by atomic mass is 9.67. The van der Waals surface area contributed by atoms with Gasteiger partial charge in [-0.1, -0.05) is 222 Å². The van der Waals surface area contributed by atoms with Gasteiger partial charge in [0.25, 0.3) is 0 Å². The minimum absolute atomic E-state index is 0.186. The van der Waals surface area contributed by atoms with E-state index < -0.39 is 5.41 Å². The maximum Gasteiger partial charge on any atom is 0.159 e. The van der Waals surface area contributed by atoms with E-state index in [0.717, 1.165) is 50.4 Å². The molecule has 0 saturated carbocycles. The Hall–Kier alpha value is -9.18. The first-order valence-electron chi connectivity index (χ1n) is 26.7. The number of benzene rings is 11. The first-order chi connectivity index (χ1) is 37.2. The molecule has 0 atom stereocenters. The van der Waals surface area contributed by atoms with Crippen LogP contribution in [0.3, 0.4) is 0 Å². The number of nitrogens with zero attached hydrogens (tertiary/aromatic N) is 2. The van der Waals surface area contributed by atoms with E-state index in [1.165, 1.54) is 83.6 Å². The molecule has 3 aliphatic carbocycles. The summed E-state index contributed by atoms with van der Waals surface area (Å²) in [7, 11) is 0. The molecule has 0 spiro atoms. The first kappa shape index (κ1) is 44.3. The molecule has 3 heteroatoms. The molecule has 1 aromatic heterocycles. The second-order valence-corrected chi connectivity index (χ2v) is 22.0. The molecule has 0 bridgehead atoms. The first-order valence-corrected chi connectivity index (χ1v) is 26.7. The third-order valence-electron chi connectivity index (χ3n) is 17.3. The lowest BCUT2D eigenvalue weighted by molar-refractivity contribution is 0.658. The number of para-hydroxylation sites is 2. The quantitative estimate of drug-likeness (QED) is 0.151. The van der Waals surface area contributed by atoms with Crippen molar-refractivity contribution in [3.63, 3.8) is 0 Å². The van der Waals surface area contributed by atoms with Gasteiger partial charge >= 0.3 is 0 Å². The Morgan fingerprint density at radius 2 is 0.763 bits per heavy atom. The fourth-order valence-corrected chi connectivity index (χ4v) is 14.0. The minimum atomic E-state index is -0.584. The molecule has 0 amide bonds. The van der Waals surface area contributed by atoms with Gasteiger partial charge in [-0.15, -0.1) is 0 Å². The van der Waals surface area contributed by atoms with Crippen LogP contribution in [0.4, 0.5) is 34.1 Å². The molecule has 0 saturated heterocycles. The number of hydrogen-bond acceptors (Lipinski definition) is 3. The second-order valence-electron chi connectivity index (χ2n) is 22.0. The fraction of sp³-hybridized carbons (Fsp3) is 0.0959. The van der Waals surface area contributed by atoms with Crippen molar-refractivity contribution < 1.29 is 4.42 Å². The highest BCUT2D eigenvalue weighted by Crippen LogP contribution is 2.59. The zero-order valence-corrected chi connectivity index (χ0v) is 43.1. The van der Waals surface area contributed by atoms with E-state index in [1.54, 1.807) is 0 Å². The average molecular weight is 975 g/mol. The summed E-state index contributed by atoms with van der Waals surface area (Å²) in [6.45, 7) is 9.54. The molecule has 0 N–H and O–H groups in total. The summed E-state index contributed by atoms with van der Waals surface area (Å²) in [5.41, 5.74) is 25.1. The molecule has 3 aliphatic rings. The van der Waals surface area contributed by atoms with Crippen molar-refractivity contribution in [3.8, 4) is 33.4 Å². The van der Waals surface area contributed by atoms with Crippen molar-refractivity contribution in [2.75, 3.05) is 9.80 Å². The monoisotopic (exact) mass is 974 g/mol. The number of anilines is 6. The van der Waals surface area contributed by atoms with Crippen LogP contribution in [0.2, 0.25) is 0 Å². The van der Waals surface area contributed by atoms with Crippen molar-refractivity contribution in [3.05, 3.63) is 299 Å². The van der Waals surface area contributed by atoms with E-state index in [-0.39, 0.29) is 10.8 Å². The smallest absolute Gasteiger partial charge is 0.159 e. The summed E-state index contributed by atoms with van der Waals surface area (Å²) in [5, 5.41) is 2.17. The predicted molar refractivity (Wildman–Crippen MR) is 316 cm³/mol. The molecular formula is C73H54N2O. The van der Waals surface area contributed by atoms with Crippen LogP contribution in [0.15, 0.2) is 259 Å². The Labute approximate surface area is 444 Å². The maximum atomic E-state index is 6.98. The van der Waals surface area contributed by atoms with Crippen LogP contribution in [0.25, 0.3) is 55.3 Å². The summed E-state index contributed by atoms with van der Waals surface area (Å²) in [4.78, 5) is 4.96. The van der Waals surface area contributed by atoms with Gasteiger partial charge in [-0.05, 0) is 139 Å². The van der Waals surface area contributed by atoms with Crippen LogP contribution in [-0.2, 0) is 16.2 Å². The van der Waals surface area contributed by atoms with Gasteiger partial charge in [-0.25, -0.2) is 0 Å². The highest BCUT2D eigenvalue weighted by Gasteiger charge is 2.46. The minimum Gasteiger partial charge on any atom is -0.454 e. The van der Waals surface area contributed by atoms with Crippen molar-refractivity contribution in [1.29, 1.82) is 0 Å². The predicted octanol–water partition coefficient (Wildman–Crippen LogP) is 19.5. The van der Waals surface area contributed by atoms with E-state index >= 15 is 0 Å². The normalized spacial score (nSPS) is 14.6. The van der Waals surface area contributed by atoms with Gasteiger partial charge in [0, 0.05) is 44.4 Å². The number of rotatable bonds is 8. The summed E-state index contributed by atoms with van der Waals surface area (Å²) < 4.78 is 6.98. The van der Waals surface area contributed by atoms with Gasteiger partial charge < -0.3 is 14.2 Å². The lowest BCUT2D eigenvalue weighted by Gasteiger charge is -2.35. The molecule has 1 heterocycles. The highest BCUT2D eigenvalue weighted by atomic mass is 16.3. The molecule has 15 rings (SSSR count). The molecule has 0 aliphatic heterocycles.